The van der Waals surface area contributed by atoms with E-state index in [9.17, 15) is 4.79 Å². The van der Waals surface area contributed by atoms with E-state index in [4.69, 9.17) is 4.74 Å². The molecule has 0 radical (unpaired) electrons. The minimum Gasteiger partial charge on any atom is -0.453 e. The van der Waals surface area contributed by atoms with E-state index in [0.29, 0.717) is 16.5 Å². The Kier molecular flexibility index (Phi) is 4.67. The van der Waals surface area contributed by atoms with Crippen molar-refractivity contribution in [3.63, 3.8) is 0 Å². The Labute approximate surface area is 164 Å². The smallest absolute Gasteiger partial charge is 0.350 e. The number of ether oxygens (including phenoxy) is 1. The minimum atomic E-state index is -0.296. The highest BCUT2D eigenvalue weighted by Gasteiger charge is 2.36. The number of aromatic nitrogens is 3. The number of benzene rings is 1. The molecule has 3 aromatic rings. The van der Waals surface area contributed by atoms with Crippen LogP contribution in [0.25, 0.3) is 10.6 Å². The van der Waals surface area contributed by atoms with E-state index in [0.717, 1.165) is 33.4 Å². The molecule has 0 unspecified atom stereocenters. The lowest BCUT2D eigenvalue weighted by Gasteiger charge is -2.17. The van der Waals surface area contributed by atoms with Crippen molar-refractivity contribution in [3.8, 4) is 10.6 Å². The summed E-state index contributed by atoms with van der Waals surface area (Å²) in [5, 5.41) is 4.95. The van der Waals surface area contributed by atoms with Gasteiger partial charge in [-0.25, -0.2) is 9.78 Å². The second-order valence-electron chi connectivity index (χ2n) is 6.55. The highest BCUT2D eigenvalue weighted by molar-refractivity contribution is 9.10. The predicted molar refractivity (Wildman–Crippen MR) is 104 cm³/mol. The lowest BCUT2D eigenvalue weighted by Crippen LogP contribution is -2.13. The summed E-state index contributed by atoms with van der Waals surface area (Å²) in [6.45, 7) is 1.85. The fourth-order valence-corrected chi connectivity index (χ4v) is 4.09. The maximum atomic E-state index is 12.8. The van der Waals surface area contributed by atoms with Gasteiger partial charge >= 0.3 is 5.97 Å². The standard InChI is InChI=1S/C19H18BrN3O2S/c1-11-17(26-18(22-11)14-9-21-23(2)10-14)19(24)25-16(12-3-4-12)13-5-7-15(20)8-6-13/h5-10,12,16H,3-4H2,1-2H3/t16-/m1/s1. The van der Waals surface area contributed by atoms with Gasteiger partial charge < -0.3 is 4.74 Å². The maximum absolute atomic E-state index is 12.8. The van der Waals surface area contributed by atoms with Crippen LogP contribution in [0, 0.1) is 12.8 Å². The number of aryl methyl sites for hydroxylation is 2. The maximum Gasteiger partial charge on any atom is 0.350 e. The average molecular weight is 432 g/mol. The zero-order chi connectivity index (χ0) is 18.3. The number of thiazole rings is 1. The van der Waals surface area contributed by atoms with Crippen LogP contribution in [0.15, 0.2) is 41.1 Å². The van der Waals surface area contributed by atoms with Crippen LogP contribution in [0.1, 0.15) is 39.9 Å². The van der Waals surface area contributed by atoms with Crippen LogP contribution in [0.5, 0.6) is 0 Å². The molecular weight excluding hydrogens is 414 g/mol. The van der Waals surface area contributed by atoms with Gasteiger partial charge in [-0.15, -0.1) is 11.3 Å². The molecule has 1 aromatic carbocycles. The highest BCUT2D eigenvalue weighted by Crippen LogP contribution is 2.44. The van der Waals surface area contributed by atoms with Crippen LogP contribution in [0.4, 0.5) is 0 Å². The van der Waals surface area contributed by atoms with Gasteiger partial charge in [0.2, 0.25) is 0 Å². The molecule has 2 aromatic heterocycles. The monoisotopic (exact) mass is 431 g/mol. The summed E-state index contributed by atoms with van der Waals surface area (Å²) >= 11 is 4.81. The zero-order valence-electron chi connectivity index (χ0n) is 14.5. The van der Waals surface area contributed by atoms with Gasteiger partial charge in [0.05, 0.1) is 11.9 Å². The van der Waals surface area contributed by atoms with Gasteiger partial charge in [0, 0.05) is 29.2 Å². The molecule has 1 aliphatic rings. The first-order valence-electron chi connectivity index (χ1n) is 8.44. The minimum absolute atomic E-state index is 0.195. The van der Waals surface area contributed by atoms with E-state index in [1.807, 2.05) is 44.4 Å². The fourth-order valence-electron chi connectivity index (χ4n) is 2.90. The van der Waals surface area contributed by atoms with Crippen LogP contribution in [0.3, 0.4) is 0 Å². The topological polar surface area (TPSA) is 57.0 Å². The SMILES string of the molecule is Cc1nc(-c2cnn(C)c2)sc1C(=O)O[C@@H](c1ccc(Br)cc1)C1CC1. The van der Waals surface area contributed by atoms with Crippen LogP contribution in [-0.4, -0.2) is 20.7 Å². The Morgan fingerprint density at radius 3 is 2.69 bits per heavy atom. The van der Waals surface area contributed by atoms with Crippen molar-refractivity contribution in [2.75, 3.05) is 0 Å². The van der Waals surface area contributed by atoms with Gasteiger partial charge in [0.15, 0.2) is 0 Å². The van der Waals surface area contributed by atoms with Gasteiger partial charge in [-0.2, -0.15) is 5.10 Å². The Morgan fingerprint density at radius 1 is 1.35 bits per heavy atom. The summed E-state index contributed by atoms with van der Waals surface area (Å²) in [4.78, 5) is 17.9. The largest absolute Gasteiger partial charge is 0.453 e. The van der Waals surface area contributed by atoms with Crippen molar-refractivity contribution in [2.45, 2.75) is 25.9 Å². The molecular formula is C19H18BrN3O2S. The zero-order valence-corrected chi connectivity index (χ0v) is 16.9. The van der Waals surface area contributed by atoms with Crippen molar-refractivity contribution in [2.24, 2.45) is 13.0 Å². The van der Waals surface area contributed by atoms with Gasteiger partial charge in [-0.1, -0.05) is 28.1 Å². The quantitative estimate of drug-likeness (QED) is 0.537. The van der Waals surface area contributed by atoms with Crippen molar-refractivity contribution in [1.82, 2.24) is 14.8 Å². The number of carbonyl (C=O) groups is 1. The predicted octanol–water partition coefficient (Wildman–Crippen LogP) is 4.92. The first-order valence-corrected chi connectivity index (χ1v) is 10.0. The number of nitrogens with zero attached hydrogens (tertiary/aromatic N) is 3. The third-order valence-corrected chi connectivity index (χ3v) is 6.13. The Morgan fingerprint density at radius 2 is 2.08 bits per heavy atom. The molecule has 0 aliphatic heterocycles. The number of hydrogen-bond acceptors (Lipinski definition) is 5. The number of hydrogen-bond donors (Lipinski definition) is 0. The summed E-state index contributed by atoms with van der Waals surface area (Å²) in [6, 6.07) is 8.00. The molecule has 5 nitrogen and oxygen atoms in total. The molecule has 1 aliphatic carbocycles. The van der Waals surface area contributed by atoms with E-state index in [-0.39, 0.29) is 12.1 Å². The number of esters is 1. The molecule has 134 valence electrons. The summed E-state index contributed by atoms with van der Waals surface area (Å²) in [6.07, 6.45) is 5.64. The Hall–Kier alpha value is -1.99. The van der Waals surface area contributed by atoms with Crippen molar-refractivity contribution < 1.29 is 9.53 Å². The van der Waals surface area contributed by atoms with E-state index < -0.39 is 0 Å². The molecule has 1 atom stereocenters. The second-order valence-corrected chi connectivity index (χ2v) is 8.47. The van der Waals surface area contributed by atoms with E-state index in [1.54, 1.807) is 10.9 Å². The number of halogens is 1. The molecule has 26 heavy (non-hydrogen) atoms. The normalized spacial score (nSPS) is 15.0. The van der Waals surface area contributed by atoms with Crippen LogP contribution < -0.4 is 0 Å². The third kappa shape index (κ3) is 3.59. The molecule has 0 bridgehead atoms. The first-order chi connectivity index (χ1) is 12.5. The molecule has 0 amide bonds. The van der Waals surface area contributed by atoms with Crippen molar-refractivity contribution >= 4 is 33.2 Å². The molecule has 4 rings (SSSR count). The van der Waals surface area contributed by atoms with Gasteiger partial charge in [0.1, 0.15) is 16.0 Å². The number of carbonyl (C=O) groups excluding carboxylic acids is 1. The van der Waals surface area contributed by atoms with Crippen molar-refractivity contribution in [1.29, 1.82) is 0 Å². The lowest BCUT2D eigenvalue weighted by molar-refractivity contribution is 0.0246. The molecule has 0 N–H and O–H groups in total. The molecule has 1 fully saturated rings. The summed E-state index contributed by atoms with van der Waals surface area (Å²) in [5.41, 5.74) is 2.65. The molecule has 2 heterocycles. The second kappa shape index (κ2) is 6.96. The summed E-state index contributed by atoms with van der Waals surface area (Å²) in [5.74, 6) is 0.112. The molecule has 1 saturated carbocycles. The Balaban J connectivity index is 1.57. The van der Waals surface area contributed by atoms with E-state index in [2.05, 4.69) is 26.0 Å². The lowest BCUT2D eigenvalue weighted by atomic mass is 10.1. The first kappa shape index (κ1) is 17.4. The van der Waals surface area contributed by atoms with Crippen LogP contribution in [0.2, 0.25) is 0 Å². The van der Waals surface area contributed by atoms with E-state index >= 15 is 0 Å². The van der Waals surface area contributed by atoms with Gasteiger partial charge in [0.25, 0.3) is 0 Å². The molecule has 0 saturated heterocycles. The molecule has 7 heteroatoms. The fraction of sp³-hybridized carbons (Fsp3) is 0.316. The van der Waals surface area contributed by atoms with Crippen LogP contribution in [-0.2, 0) is 11.8 Å². The summed E-state index contributed by atoms with van der Waals surface area (Å²) in [7, 11) is 1.86. The highest BCUT2D eigenvalue weighted by atomic mass is 79.9. The summed E-state index contributed by atoms with van der Waals surface area (Å²) < 4.78 is 8.66. The number of rotatable bonds is 5. The van der Waals surface area contributed by atoms with E-state index in [1.165, 1.54) is 11.3 Å². The average Bonchev–Trinajstić information content (AvgIpc) is 3.25. The van der Waals surface area contributed by atoms with Crippen molar-refractivity contribution in [3.05, 3.63) is 57.3 Å². The van der Waals surface area contributed by atoms with Gasteiger partial charge in [-0.3, -0.25) is 4.68 Å². The van der Waals surface area contributed by atoms with Crippen LogP contribution >= 0.6 is 27.3 Å². The molecule has 0 spiro atoms. The Bertz CT molecular complexity index is 944. The third-order valence-electron chi connectivity index (χ3n) is 4.42. The van der Waals surface area contributed by atoms with Gasteiger partial charge in [-0.05, 0) is 37.5 Å².